The van der Waals surface area contributed by atoms with Crippen LogP contribution in [-0.2, 0) is 4.79 Å². The first-order valence-corrected chi connectivity index (χ1v) is 9.80. The van der Waals surface area contributed by atoms with Crippen molar-refractivity contribution in [3.8, 4) is 17.3 Å². The van der Waals surface area contributed by atoms with Crippen LogP contribution in [0.25, 0.3) is 16.8 Å². The number of rotatable bonds is 7. The van der Waals surface area contributed by atoms with Crippen molar-refractivity contribution < 1.29 is 9.90 Å². The molecule has 1 aliphatic carbocycles. The second kappa shape index (κ2) is 7.91. The van der Waals surface area contributed by atoms with E-state index in [0.717, 1.165) is 29.6 Å². The Balaban J connectivity index is 1.72. The van der Waals surface area contributed by atoms with Gasteiger partial charge in [-0.2, -0.15) is 10.4 Å². The summed E-state index contributed by atoms with van der Waals surface area (Å²) in [5.74, 6) is -0.273. The van der Waals surface area contributed by atoms with Crippen molar-refractivity contribution in [2.24, 2.45) is 5.92 Å². The fourth-order valence-corrected chi connectivity index (χ4v) is 4.12. The minimum Gasteiger partial charge on any atom is -0.480 e. The van der Waals surface area contributed by atoms with Crippen LogP contribution in [0.2, 0.25) is 0 Å². The molecule has 4 rings (SSSR count). The van der Waals surface area contributed by atoms with Gasteiger partial charge in [0.15, 0.2) is 0 Å². The number of nitriles is 1. The molecule has 29 heavy (non-hydrogen) atoms. The summed E-state index contributed by atoms with van der Waals surface area (Å²) in [4.78, 5) is 15.5. The van der Waals surface area contributed by atoms with Gasteiger partial charge in [-0.3, -0.25) is 9.48 Å². The molecule has 150 valence electrons. The first kappa shape index (κ1) is 18.9. The van der Waals surface area contributed by atoms with Gasteiger partial charge in [0, 0.05) is 17.5 Å². The second-order valence-electron chi connectivity index (χ2n) is 7.49. The Hall–Kier alpha value is -3.41. The highest BCUT2D eigenvalue weighted by atomic mass is 16.4. The third-order valence-corrected chi connectivity index (χ3v) is 5.56. The molecular weight excluding hydrogens is 370 g/mol. The molecule has 1 aliphatic rings. The van der Waals surface area contributed by atoms with Gasteiger partial charge in [-0.15, -0.1) is 5.10 Å². The van der Waals surface area contributed by atoms with Crippen molar-refractivity contribution >= 4 is 17.4 Å². The molecule has 1 unspecified atom stereocenters. The molecule has 1 saturated carbocycles. The molecule has 0 amide bonds. The predicted octanol–water partition coefficient (Wildman–Crippen LogP) is 3.04. The van der Waals surface area contributed by atoms with E-state index in [1.54, 1.807) is 10.7 Å². The number of fused-ring (bicyclic) bond motifs is 1. The quantitative estimate of drug-likeness (QED) is 0.633. The lowest BCUT2D eigenvalue weighted by Crippen LogP contribution is -2.17. The second-order valence-corrected chi connectivity index (χ2v) is 7.49. The van der Waals surface area contributed by atoms with Crippen LogP contribution in [0, 0.1) is 24.2 Å². The van der Waals surface area contributed by atoms with Gasteiger partial charge in [-0.05, 0) is 37.8 Å². The molecule has 0 aliphatic heterocycles. The lowest BCUT2D eigenvalue weighted by atomic mass is 9.96. The van der Waals surface area contributed by atoms with Gasteiger partial charge < -0.3 is 10.4 Å². The number of aryl methyl sites for hydroxylation is 1. The third-order valence-electron chi connectivity index (χ3n) is 5.56. The topological polar surface area (TPSA) is 121 Å². The molecule has 3 heterocycles. The molecule has 3 aromatic heterocycles. The Kier molecular flexibility index (Phi) is 5.16. The summed E-state index contributed by atoms with van der Waals surface area (Å²) in [6.07, 6.45) is 8.78. The number of carbonyl (C=O) groups is 1. The van der Waals surface area contributed by atoms with E-state index in [4.69, 9.17) is 5.11 Å². The summed E-state index contributed by atoms with van der Waals surface area (Å²) in [6, 6.07) is 6.25. The van der Waals surface area contributed by atoms with E-state index in [9.17, 15) is 10.1 Å². The molecule has 0 saturated heterocycles. The van der Waals surface area contributed by atoms with Gasteiger partial charge in [-0.25, -0.2) is 9.50 Å². The number of hydrogen-bond donors (Lipinski definition) is 2. The van der Waals surface area contributed by atoms with Crippen molar-refractivity contribution in [3.05, 3.63) is 30.2 Å². The molecule has 0 spiro atoms. The number of carboxylic acid groups (broad SMARTS) is 1. The number of aliphatic carboxylic acids is 1. The van der Waals surface area contributed by atoms with Crippen molar-refractivity contribution in [1.29, 1.82) is 5.26 Å². The van der Waals surface area contributed by atoms with Crippen LogP contribution < -0.4 is 5.32 Å². The SMILES string of the molecule is Cc1ccc2c(-c3cnn(C(CC#N)C4CCCC4)c3)nc(NCC(=O)O)nn12. The zero-order valence-corrected chi connectivity index (χ0v) is 16.2. The van der Waals surface area contributed by atoms with Crippen LogP contribution in [-0.4, -0.2) is 42.0 Å². The molecule has 1 fully saturated rings. The number of nitrogens with zero attached hydrogens (tertiary/aromatic N) is 6. The first-order valence-electron chi connectivity index (χ1n) is 9.80. The van der Waals surface area contributed by atoms with Gasteiger partial charge in [0.2, 0.25) is 5.95 Å². The molecule has 0 bridgehead atoms. The van der Waals surface area contributed by atoms with E-state index < -0.39 is 5.97 Å². The maximum atomic E-state index is 10.9. The van der Waals surface area contributed by atoms with Crippen LogP contribution in [0.5, 0.6) is 0 Å². The highest BCUT2D eigenvalue weighted by molar-refractivity contribution is 5.78. The Morgan fingerprint density at radius 3 is 2.93 bits per heavy atom. The zero-order chi connectivity index (χ0) is 20.4. The van der Waals surface area contributed by atoms with E-state index in [-0.39, 0.29) is 18.5 Å². The lowest BCUT2D eigenvalue weighted by molar-refractivity contribution is -0.134. The van der Waals surface area contributed by atoms with E-state index in [1.165, 1.54) is 12.8 Å². The lowest BCUT2D eigenvalue weighted by Gasteiger charge is -2.21. The van der Waals surface area contributed by atoms with Crippen LogP contribution in [0.1, 0.15) is 43.8 Å². The van der Waals surface area contributed by atoms with E-state index in [2.05, 4.69) is 26.6 Å². The largest absolute Gasteiger partial charge is 0.480 e. The van der Waals surface area contributed by atoms with E-state index in [0.29, 0.717) is 18.0 Å². The minimum absolute atomic E-state index is 0.0623. The normalized spacial score (nSPS) is 15.4. The molecule has 3 aromatic rings. The molecule has 9 nitrogen and oxygen atoms in total. The summed E-state index contributed by atoms with van der Waals surface area (Å²) in [5.41, 5.74) is 3.23. The molecular formula is C20H23N7O2. The zero-order valence-electron chi connectivity index (χ0n) is 16.2. The Morgan fingerprint density at radius 1 is 1.41 bits per heavy atom. The predicted molar refractivity (Wildman–Crippen MR) is 106 cm³/mol. The summed E-state index contributed by atoms with van der Waals surface area (Å²) in [6.45, 7) is 1.66. The Morgan fingerprint density at radius 2 is 2.21 bits per heavy atom. The van der Waals surface area contributed by atoms with E-state index in [1.807, 2.05) is 29.9 Å². The summed E-state index contributed by atoms with van der Waals surface area (Å²) in [7, 11) is 0. The smallest absolute Gasteiger partial charge is 0.322 e. The average Bonchev–Trinajstić information content (AvgIpc) is 3.46. The fraction of sp³-hybridized carbons (Fsp3) is 0.450. The summed E-state index contributed by atoms with van der Waals surface area (Å²) in [5, 5.41) is 29.9. The van der Waals surface area contributed by atoms with E-state index >= 15 is 0 Å². The minimum atomic E-state index is -0.983. The van der Waals surface area contributed by atoms with Gasteiger partial charge >= 0.3 is 5.97 Å². The number of nitrogens with one attached hydrogen (secondary N) is 1. The van der Waals surface area contributed by atoms with Crippen LogP contribution >= 0.6 is 0 Å². The van der Waals surface area contributed by atoms with Gasteiger partial charge in [-0.1, -0.05) is 12.8 Å². The highest BCUT2D eigenvalue weighted by Crippen LogP contribution is 2.36. The highest BCUT2D eigenvalue weighted by Gasteiger charge is 2.27. The van der Waals surface area contributed by atoms with Crippen LogP contribution in [0.3, 0.4) is 0 Å². The third kappa shape index (κ3) is 3.78. The molecule has 0 radical (unpaired) electrons. The number of hydrogen-bond acceptors (Lipinski definition) is 6. The molecule has 9 heteroatoms. The Bertz CT molecular complexity index is 1070. The summed E-state index contributed by atoms with van der Waals surface area (Å²) >= 11 is 0. The average molecular weight is 393 g/mol. The standard InChI is InChI=1S/C20H23N7O2/c1-13-6-7-17-19(24-20(25-27(13)17)22-11-18(28)29)15-10-23-26(12-15)16(8-9-21)14-4-2-3-5-14/h6-7,10,12,14,16H,2-5,8,11H2,1H3,(H,22,25)(H,28,29). The molecule has 1 atom stereocenters. The summed E-state index contributed by atoms with van der Waals surface area (Å²) < 4.78 is 3.64. The number of aromatic nitrogens is 5. The Labute approximate surface area is 168 Å². The maximum Gasteiger partial charge on any atom is 0.322 e. The number of anilines is 1. The monoisotopic (exact) mass is 393 g/mol. The maximum absolute atomic E-state index is 10.9. The molecule has 2 N–H and O–H groups in total. The van der Waals surface area contributed by atoms with Crippen molar-refractivity contribution in [2.45, 2.75) is 45.1 Å². The van der Waals surface area contributed by atoms with Gasteiger partial charge in [0.25, 0.3) is 0 Å². The number of carboxylic acids is 1. The van der Waals surface area contributed by atoms with Crippen molar-refractivity contribution in [2.75, 3.05) is 11.9 Å². The van der Waals surface area contributed by atoms with Crippen LogP contribution in [0.15, 0.2) is 24.5 Å². The van der Waals surface area contributed by atoms with Crippen molar-refractivity contribution in [1.82, 2.24) is 24.4 Å². The van der Waals surface area contributed by atoms with Gasteiger partial charge in [0.05, 0.1) is 30.2 Å². The first-order chi connectivity index (χ1) is 14.1. The van der Waals surface area contributed by atoms with Crippen molar-refractivity contribution in [3.63, 3.8) is 0 Å². The molecule has 0 aromatic carbocycles. The van der Waals surface area contributed by atoms with Crippen LogP contribution in [0.4, 0.5) is 5.95 Å². The fourth-order valence-electron chi connectivity index (χ4n) is 4.12. The van der Waals surface area contributed by atoms with Gasteiger partial charge in [0.1, 0.15) is 12.2 Å².